The lowest BCUT2D eigenvalue weighted by atomic mass is 10.1. The van der Waals surface area contributed by atoms with E-state index in [0.717, 1.165) is 0 Å². The van der Waals surface area contributed by atoms with Crippen molar-refractivity contribution >= 4 is 0 Å². The Kier molecular flexibility index (Phi) is 3.34. The summed E-state index contributed by atoms with van der Waals surface area (Å²) in [5, 5.41) is 0. The molecule has 0 N–H and O–H groups in total. The average molecular weight is 210 g/mol. The first-order valence-electron chi connectivity index (χ1n) is 2.99. The van der Waals surface area contributed by atoms with E-state index in [1.165, 1.54) is 0 Å². The van der Waals surface area contributed by atoms with Gasteiger partial charge >= 0.3 is 12.1 Å². The van der Waals surface area contributed by atoms with Gasteiger partial charge in [0, 0.05) is 0 Å². The summed E-state index contributed by atoms with van der Waals surface area (Å²) in [4.78, 5) is 0. The minimum Gasteiger partial charge on any atom is -0.236 e. The van der Waals surface area contributed by atoms with Gasteiger partial charge in [-0.25, -0.2) is 8.78 Å². The summed E-state index contributed by atoms with van der Waals surface area (Å²) >= 11 is 0. The molecule has 0 nitrogen and oxygen atoms in total. The molecule has 2 atom stereocenters. The molecule has 0 aromatic heterocycles. The van der Waals surface area contributed by atoms with Gasteiger partial charge in [0.2, 0.25) is 0 Å². The van der Waals surface area contributed by atoms with Crippen molar-refractivity contribution < 1.29 is 30.7 Å². The lowest BCUT2D eigenvalue weighted by Gasteiger charge is -2.23. The van der Waals surface area contributed by atoms with Crippen LogP contribution in [0.3, 0.4) is 0 Å². The Morgan fingerprint density at radius 1 is 1.00 bits per heavy atom. The fourth-order valence-corrected chi connectivity index (χ4v) is 0.515. The summed E-state index contributed by atoms with van der Waals surface area (Å²) in [6.07, 6.45) is -13.7. The van der Waals surface area contributed by atoms with E-state index >= 15 is 0 Å². The van der Waals surface area contributed by atoms with E-state index in [1.54, 1.807) is 0 Å². The summed E-state index contributed by atoms with van der Waals surface area (Å²) < 4.78 is 82.5. The van der Waals surface area contributed by atoms with E-state index in [0.29, 0.717) is 0 Å². The molecule has 0 aliphatic rings. The molecule has 0 rings (SSSR count). The first kappa shape index (κ1) is 12.2. The van der Waals surface area contributed by atoms with Crippen molar-refractivity contribution in [3.8, 4) is 0 Å². The van der Waals surface area contributed by atoms with Crippen LogP contribution in [0.15, 0.2) is 12.7 Å². The highest BCUT2D eigenvalue weighted by Crippen LogP contribution is 2.38. The molecule has 0 aromatic carbocycles. The van der Waals surface area contributed by atoms with Crippen molar-refractivity contribution in [2.45, 2.75) is 24.4 Å². The number of rotatable bonds is 3. The van der Waals surface area contributed by atoms with Gasteiger partial charge in [-0.2, -0.15) is 22.0 Å². The Bertz CT molecular complexity index is 182. The number of allylic oxidation sites excluding steroid dienone is 1. The molecule has 0 aliphatic heterocycles. The molecule has 7 heteroatoms. The van der Waals surface area contributed by atoms with Crippen LogP contribution in [0, 0.1) is 0 Å². The monoisotopic (exact) mass is 210 g/mol. The van der Waals surface area contributed by atoms with E-state index in [-0.39, 0.29) is 6.08 Å². The Labute approximate surface area is 69.0 Å². The summed E-state index contributed by atoms with van der Waals surface area (Å²) in [5.74, 6) is -5.12. The fraction of sp³-hybridized carbons (Fsp3) is 0.667. The molecule has 0 aromatic rings. The zero-order valence-electron chi connectivity index (χ0n) is 6.08. The molecule has 0 fully saturated rings. The van der Waals surface area contributed by atoms with E-state index in [2.05, 4.69) is 6.58 Å². The van der Waals surface area contributed by atoms with Gasteiger partial charge in [0.1, 0.15) is 0 Å². The number of halogens is 7. The van der Waals surface area contributed by atoms with Gasteiger partial charge in [0.15, 0.2) is 6.17 Å². The Morgan fingerprint density at radius 2 is 1.38 bits per heavy atom. The first-order valence-corrected chi connectivity index (χ1v) is 2.99. The minimum absolute atomic E-state index is 0.0850. The zero-order chi connectivity index (χ0) is 10.9. The molecule has 0 heterocycles. The predicted molar refractivity (Wildman–Crippen MR) is 31.0 cm³/mol. The van der Waals surface area contributed by atoms with Crippen LogP contribution in [0.4, 0.5) is 30.7 Å². The highest BCUT2D eigenvalue weighted by atomic mass is 19.4. The molecule has 0 aliphatic carbocycles. The number of hydrogen-bond acceptors (Lipinski definition) is 0. The SMILES string of the molecule is C=CC(F)C(F)(F)C(F)C(F)(F)F. The van der Waals surface area contributed by atoms with Gasteiger partial charge in [-0.1, -0.05) is 12.7 Å². The topological polar surface area (TPSA) is 0 Å². The second-order valence-corrected chi connectivity index (χ2v) is 2.22. The van der Waals surface area contributed by atoms with Crippen molar-refractivity contribution in [3.63, 3.8) is 0 Å². The second kappa shape index (κ2) is 3.55. The third kappa shape index (κ3) is 2.60. The molecule has 0 saturated carbocycles. The lowest BCUT2D eigenvalue weighted by molar-refractivity contribution is -0.254. The largest absolute Gasteiger partial charge is 0.425 e. The highest BCUT2D eigenvalue weighted by Gasteiger charge is 2.60. The van der Waals surface area contributed by atoms with Crippen LogP contribution in [0.5, 0.6) is 0 Å². The Balaban J connectivity index is 4.73. The van der Waals surface area contributed by atoms with Crippen molar-refractivity contribution in [2.75, 3.05) is 0 Å². The van der Waals surface area contributed by atoms with Gasteiger partial charge in [0.05, 0.1) is 0 Å². The summed E-state index contributed by atoms with van der Waals surface area (Å²) in [7, 11) is 0. The third-order valence-electron chi connectivity index (χ3n) is 1.20. The third-order valence-corrected chi connectivity index (χ3v) is 1.20. The lowest BCUT2D eigenvalue weighted by Crippen LogP contribution is -2.47. The number of hydrogen-bond donors (Lipinski definition) is 0. The van der Waals surface area contributed by atoms with Crippen LogP contribution >= 0.6 is 0 Å². The number of alkyl halides is 7. The smallest absolute Gasteiger partial charge is 0.236 e. The molecule has 0 spiro atoms. The molecule has 78 valence electrons. The molecule has 13 heavy (non-hydrogen) atoms. The van der Waals surface area contributed by atoms with Crippen LogP contribution in [-0.2, 0) is 0 Å². The van der Waals surface area contributed by atoms with Gasteiger partial charge in [-0.15, -0.1) is 0 Å². The second-order valence-electron chi connectivity index (χ2n) is 2.22. The summed E-state index contributed by atoms with van der Waals surface area (Å²) in [5.41, 5.74) is 0. The normalized spacial score (nSPS) is 18.1. The molecular formula is C6H5F7. The summed E-state index contributed by atoms with van der Waals surface area (Å²) in [6.45, 7) is 2.50. The summed E-state index contributed by atoms with van der Waals surface area (Å²) in [6, 6.07) is 0. The molecule has 0 saturated heterocycles. The quantitative estimate of drug-likeness (QED) is 0.496. The highest BCUT2D eigenvalue weighted by molar-refractivity contribution is 4.97. The van der Waals surface area contributed by atoms with Crippen molar-refractivity contribution in [1.82, 2.24) is 0 Å². The van der Waals surface area contributed by atoms with Crippen LogP contribution < -0.4 is 0 Å². The van der Waals surface area contributed by atoms with Crippen molar-refractivity contribution in [1.29, 1.82) is 0 Å². The molecular weight excluding hydrogens is 205 g/mol. The van der Waals surface area contributed by atoms with Gasteiger partial charge in [-0.3, -0.25) is 0 Å². The van der Waals surface area contributed by atoms with Crippen LogP contribution in [0.2, 0.25) is 0 Å². The van der Waals surface area contributed by atoms with Gasteiger partial charge in [-0.05, 0) is 0 Å². The average Bonchev–Trinajstić information content (AvgIpc) is 1.99. The Hall–Kier alpha value is -0.750. The molecule has 0 radical (unpaired) electrons. The molecule has 0 bridgehead atoms. The van der Waals surface area contributed by atoms with E-state index < -0.39 is 24.4 Å². The molecule has 2 unspecified atom stereocenters. The van der Waals surface area contributed by atoms with E-state index in [9.17, 15) is 30.7 Å². The minimum atomic E-state index is -5.78. The Morgan fingerprint density at radius 3 is 1.62 bits per heavy atom. The predicted octanol–water partition coefficient (Wildman–Crippen LogP) is 3.05. The van der Waals surface area contributed by atoms with Gasteiger partial charge in [0.25, 0.3) is 6.17 Å². The maximum Gasteiger partial charge on any atom is 0.425 e. The van der Waals surface area contributed by atoms with Crippen LogP contribution in [0.25, 0.3) is 0 Å². The van der Waals surface area contributed by atoms with Crippen molar-refractivity contribution in [3.05, 3.63) is 12.7 Å². The zero-order valence-corrected chi connectivity index (χ0v) is 6.08. The molecule has 0 amide bonds. The van der Waals surface area contributed by atoms with E-state index in [4.69, 9.17) is 0 Å². The van der Waals surface area contributed by atoms with Crippen LogP contribution in [0.1, 0.15) is 0 Å². The van der Waals surface area contributed by atoms with Crippen molar-refractivity contribution in [2.24, 2.45) is 0 Å². The van der Waals surface area contributed by atoms with Crippen LogP contribution in [-0.4, -0.2) is 24.4 Å². The maximum atomic E-state index is 12.2. The maximum absolute atomic E-state index is 12.2. The standard InChI is InChI=1S/C6H5F7/c1-2-3(7)5(9,10)4(8)6(11,12)13/h2-4H,1H2. The first-order chi connectivity index (χ1) is 5.64. The van der Waals surface area contributed by atoms with Gasteiger partial charge < -0.3 is 0 Å². The van der Waals surface area contributed by atoms with E-state index in [1.807, 2.05) is 0 Å². The fourth-order valence-electron chi connectivity index (χ4n) is 0.515.